The molecule has 0 atom stereocenters. The van der Waals surface area contributed by atoms with Crippen LogP contribution in [0.4, 0.5) is 11.4 Å². The maximum atomic E-state index is 12.5. The summed E-state index contributed by atoms with van der Waals surface area (Å²) in [6.45, 7) is 4.57. The second-order valence-corrected chi connectivity index (χ2v) is 7.02. The number of allylic oxidation sites excluding steroid dienone is 1. The number of hydrogen-bond acceptors (Lipinski definition) is 5. The summed E-state index contributed by atoms with van der Waals surface area (Å²) in [5.74, 6) is -0.867. The van der Waals surface area contributed by atoms with Crippen molar-refractivity contribution in [1.29, 1.82) is 0 Å². The molecule has 6 nitrogen and oxygen atoms in total. The highest BCUT2D eigenvalue weighted by Crippen LogP contribution is 2.26. The number of nitrogens with one attached hydrogen (secondary N) is 1. The third kappa shape index (κ3) is 5.16. The zero-order valence-corrected chi connectivity index (χ0v) is 17.2. The molecule has 0 aromatic heterocycles. The number of methoxy groups -OCH3 is 1. The van der Waals surface area contributed by atoms with Crippen molar-refractivity contribution in [3.8, 4) is 0 Å². The fourth-order valence-corrected chi connectivity index (χ4v) is 3.45. The molecule has 1 amide bonds. The molecule has 1 aliphatic heterocycles. The Morgan fingerprint density at radius 2 is 1.86 bits per heavy atom. The van der Waals surface area contributed by atoms with Gasteiger partial charge in [0.1, 0.15) is 0 Å². The highest BCUT2D eigenvalue weighted by molar-refractivity contribution is 6.32. The lowest BCUT2D eigenvalue weighted by molar-refractivity contribution is -0.111. The van der Waals surface area contributed by atoms with Crippen LogP contribution in [0.5, 0.6) is 0 Å². The van der Waals surface area contributed by atoms with Gasteiger partial charge in [-0.05, 0) is 42.3 Å². The van der Waals surface area contributed by atoms with Gasteiger partial charge in [-0.3, -0.25) is 4.79 Å². The maximum absolute atomic E-state index is 12.5. The van der Waals surface area contributed by atoms with Crippen molar-refractivity contribution >= 4 is 40.4 Å². The van der Waals surface area contributed by atoms with Crippen LogP contribution in [-0.2, 0) is 14.3 Å². The summed E-state index contributed by atoms with van der Waals surface area (Å²) < 4.78 is 10.3. The fourth-order valence-electron chi connectivity index (χ4n) is 3.16. The third-order valence-electron chi connectivity index (χ3n) is 4.69. The Balaban J connectivity index is 1.83. The summed E-state index contributed by atoms with van der Waals surface area (Å²) in [7, 11) is 1.32. The number of amides is 1. The quantitative estimate of drug-likeness (QED) is 0.591. The van der Waals surface area contributed by atoms with Crippen molar-refractivity contribution in [3.05, 3.63) is 64.7 Å². The molecule has 0 spiro atoms. The molecule has 0 radical (unpaired) electrons. The molecular weight excluding hydrogens is 392 g/mol. The van der Waals surface area contributed by atoms with Gasteiger partial charge in [0.2, 0.25) is 5.91 Å². The summed E-state index contributed by atoms with van der Waals surface area (Å²) in [5, 5.41) is 3.34. The van der Waals surface area contributed by atoms with Gasteiger partial charge in [-0.2, -0.15) is 0 Å². The molecule has 0 saturated carbocycles. The minimum absolute atomic E-state index is 0.300. The number of morpholine rings is 1. The van der Waals surface area contributed by atoms with Gasteiger partial charge in [-0.25, -0.2) is 4.79 Å². The van der Waals surface area contributed by atoms with Gasteiger partial charge in [0, 0.05) is 29.9 Å². The van der Waals surface area contributed by atoms with Crippen LogP contribution in [0.3, 0.4) is 0 Å². The highest BCUT2D eigenvalue weighted by Gasteiger charge is 2.18. The van der Waals surface area contributed by atoms with Crippen molar-refractivity contribution in [2.45, 2.75) is 6.92 Å². The van der Waals surface area contributed by atoms with E-state index in [4.69, 9.17) is 21.1 Å². The number of rotatable bonds is 5. The smallest absolute Gasteiger partial charge is 0.340 e. The van der Waals surface area contributed by atoms with E-state index in [-0.39, 0.29) is 5.91 Å². The number of halogens is 1. The van der Waals surface area contributed by atoms with Crippen molar-refractivity contribution < 1.29 is 19.1 Å². The maximum Gasteiger partial charge on any atom is 0.340 e. The lowest BCUT2D eigenvalue weighted by Gasteiger charge is -2.29. The Hall–Kier alpha value is -2.83. The lowest BCUT2D eigenvalue weighted by Crippen LogP contribution is -2.36. The van der Waals surface area contributed by atoms with Gasteiger partial charge in [0.05, 0.1) is 31.6 Å². The standard InChI is InChI=1S/C22H23ClN2O4/c1-15(17-5-3-4-6-19(17)23)13-21(26)24-20-8-7-16(14-18(20)22(27)28-2)25-9-11-29-12-10-25/h3-8,13-14H,9-12H2,1-2H3,(H,24,26)/b15-13-. The van der Waals surface area contributed by atoms with Gasteiger partial charge in [-0.1, -0.05) is 29.8 Å². The van der Waals surface area contributed by atoms with Gasteiger partial charge in [0.25, 0.3) is 0 Å². The molecular formula is C22H23ClN2O4. The molecule has 0 unspecified atom stereocenters. The number of carbonyl (C=O) groups excluding carboxylic acids is 2. The van der Waals surface area contributed by atoms with Crippen LogP contribution in [0.15, 0.2) is 48.5 Å². The Bertz CT molecular complexity index is 936. The van der Waals surface area contributed by atoms with Crippen LogP contribution < -0.4 is 10.2 Å². The molecule has 0 bridgehead atoms. The first kappa shape index (κ1) is 20.9. The van der Waals surface area contributed by atoms with Crippen molar-refractivity contribution in [2.75, 3.05) is 43.6 Å². The monoisotopic (exact) mass is 414 g/mol. The van der Waals surface area contributed by atoms with E-state index in [2.05, 4.69) is 10.2 Å². The molecule has 1 N–H and O–H groups in total. The second-order valence-electron chi connectivity index (χ2n) is 6.62. The van der Waals surface area contributed by atoms with Crippen LogP contribution in [0.2, 0.25) is 5.02 Å². The third-order valence-corrected chi connectivity index (χ3v) is 5.02. The van der Waals surface area contributed by atoms with Crippen LogP contribution >= 0.6 is 11.6 Å². The number of carbonyl (C=O) groups is 2. The molecule has 2 aromatic carbocycles. The Kier molecular flexibility index (Phi) is 6.90. The lowest BCUT2D eigenvalue weighted by atomic mass is 10.1. The van der Waals surface area contributed by atoms with Crippen molar-refractivity contribution in [1.82, 2.24) is 0 Å². The van der Waals surface area contributed by atoms with E-state index in [0.29, 0.717) is 29.5 Å². The summed E-state index contributed by atoms with van der Waals surface area (Å²) in [6, 6.07) is 12.6. The summed E-state index contributed by atoms with van der Waals surface area (Å²) in [4.78, 5) is 27.0. The Morgan fingerprint density at radius 1 is 1.14 bits per heavy atom. The molecule has 3 rings (SSSR count). The van der Waals surface area contributed by atoms with E-state index in [1.807, 2.05) is 31.2 Å². The average molecular weight is 415 g/mol. The predicted molar refractivity (Wildman–Crippen MR) is 115 cm³/mol. The van der Waals surface area contributed by atoms with Crippen molar-refractivity contribution in [3.63, 3.8) is 0 Å². The zero-order valence-electron chi connectivity index (χ0n) is 16.4. The van der Waals surface area contributed by atoms with Crippen LogP contribution in [0, 0.1) is 0 Å². The number of hydrogen-bond donors (Lipinski definition) is 1. The highest BCUT2D eigenvalue weighted by atomic mass is 35.5. The number of anilines is 2. The average Bonchev–Trinajstić information content (AvgIpc) is 2.74. The molecule has 0 aliphatic carbocycles. The molecule has 1 saturated heterocycles. The van der Waals surface area contributed by atoms with Crippen molar-refractivity contribution in [2.24, 2.45) is 0 Å². The minimum atomic E-state index is -0.512. The van der Waals surface area contributed by atoms with Crippen LogP contribution in [0.25, 0.3) is 5.57 Å². The number of benzene rings is 2. The second kappa shape index (κ2) is 9.58. The van der Waals surface area contributed by atoms with Gasteiger partial charge in [0.15, 0.2) is 0 Å². The van der Waals surface area contributed by atoms with Crippen LogP contribution in [0.1, 0.15) is 22.8 Å². The van der Waals surface area contributed by atoms with E-state index in [9.17, 15) is 9.59 Å². The van der Waals surface area contributed by atoms with Crippen LogP contribution in [-0.4, -0.2) is 45.3 Å². The largest absolute Gasteiger partial charge is 0.465 e. The first-order chi connectivity index (χ1) is 14.0. The Morgan fingerprint density at radius 3 is 2.55 bits per heavy atom. The molecule has 7 heteroatoms. The zero-order chi connectivity index (χ0) is 20.8. The molecule has 1 aliphatic rings. The SMILES string of the molecule is COC(=O)c1cc(N2CCOCC2)ccc1NC(=O)/C=C(/C)c1ccccc1Cl. The number of nitrogens with zero attached hydrogens (tertiary/aromatic N) is 1. The predicted octanol–water partition coefficient (Wildman–Crippen LogP) is 4.01. The van der Waals surface area contributed by atoms with Gasteiger partial charge < -0.3 is 19.7 Å². The van der Waals surface area contributed by atoms with E-state index in [1.54, 1.807) is 18.2 Å². The molecule has 152 valence electrons. The summed E-state index contributed by atoms with van der Waals surface area (Å²) in [6.07, 6.45) is 1.46. The summed E-state index contributed by atoms with van der Waals surface area (Å²) in [5.41, 5.74) is 3.07. The number of ether oxygens (including phenoxy) is 2. The first-order valence-electron chi connectivity index (χ1n) is 9.29. The first-order valence-corrected chi connectivity index (χ1v) is 9.66. The van der Waals surface area contributed by atoms with Gasteiger partial charge in [-0.15, -0.1) is 0 Å². The minimum Gasteiger partial charge on any atom is -0.465 e. The van der Waals surface area contributed by atoms with E-state index < -0.39 is 5.97 Å². The number of esters is 1. The summed E-state index contributed by atoms with van der Waals surface area (Å²) >= 11 is 6.19. The molecule has 1 fully saturated rings. The van der Waals surface area contributed by atoms with Gasteiger partial charge >= 0.3 is 5.97 Å². The normalized spacial score (nSPS) is 14.4. The Labute approximate surface area is 175 Å². The fraction of sp³-hybridized carbons (Fsp3) is 0.273. The van der Waals surface area contributed by atoms with E-state index in [1.165, 1.54) is 13.2 Å². The molecule has 1 heterocycles. The van der Waals surface area contributed by atoms with E-state index in [0.717, 1.165) is 29.9 Å². The van der Waals surface area contributed by atoms with E-state index >= 15 is 0 Å². The molecule has 29 heavy (non-hydrogen) atoms. The molecule has 2 aromatic rings. The topological polar surface area (TPSA) is 67.9 Å².